The lowest BCUT2D eigenvalue weighted by atomic mass is 9.30. The second kappa shape index (κ2) is 19.7. The number of ether oxygens (including phenoxy) is 9. The Hall–Kier alpha value is -1.33. The van der Waals surface area contributed by atoms with Crippen molar-refractivity contribution >= 4 is 5.97 Å². The van der Waals surface area contributed by atoms with Gasteiger partial charge in [-0.05, 0) is 105 Å². The molecule has 1 spiro atoms. The predicted octanol–water partition coefficient (Wildman–Crippen LogP) is -1.16. The molecule has 5 aliphatic carbocycles. The van der Waals surface area contributed by atoms with Gasteiger partial charge in [0.1, 0.15) is 96.5 Å². The average Bonchev–Trinajstić information content (AvgIpc) is 3.59. The molecule has 5 aliphatic heterocycles. The topological polar surface area (TPSA) is 343 Å². The predicted molar refractivity (Wildman–Crippen MR) is 255 cm³/mol. The van der Waals surface area contributed by atoms with Crippen molar-refractivity contribution in [1.29, 1.82) is 0 Å². The Kier molecular flexibility index (Phi) is 14.9. The number of carbonyl (C=O) groups is 1. The normalized spacial score (nSPS) is 57.2. The minimum Gasteiger partial charge on any atom is -0.458 e. The van der Waals surface area contributed by atoms with Crippen LogP contribution in [0.3, 0.4) is 0 Å². The van der Waals surface area contributed by atoms with Crippen LogP contribution in [0.1, 0.15) is 120 Å². The Balaban J connectivity index is 0.906. The second-order valence-corrected chi connectivity index (χ2v) is 26.5. The van der Waals surface area contributed by atoms with Crippen LogP contribution in [-0.2, 0) is 47.4 Å². The summed E-state index contributed by atoms with van der Waals surface area (Å²) in [6.45, 7) is 15.4. The zero-order chi connectivity index (χ0) is 54.5. The molecule has 0 aromatic carbocycles. The summed E-state index contributed by atoms with van der Waals surface area (Å²) in [5, 5.41) is 131. The minimum atomic E-state index is -1.89. The monoisotopic (exact) mass is 1070 g/mol. The van der Waals surface area contributed by atoms with Crippen molar-refractivity contribution in [3.05, 3.63) is 0 Å². The molecule has 0 unspecified atom stereocenters. The Labute approximate surface area is 437 Å². The van der Waals surface area contributed by atoms with Crippen LogP contribution in [0.15, 0.2) is 0 Å². The van der Waals surface area contributed by atoms with Gasteiger partial charge in [-0.15, -0.1) is 0 Å². The van der Waals surface area contributed by atoms with E-state index in [0.717, 1.165) is 44.9 Å². The third-order valence-corrected chi connectivity index (χ3v) is 22.1. The molecule has 0 amide bonds. The summed E-state index contributed by atoms with van der Waals surface area (Å²) in [5.74, 6) is 0.00718. The molecule has 10 fully saturated rings. The van der Waals surface area contributed by atoms with E-state index in [1.165, 1.54) is 6.92 Å². The van der Waals surface area contributed by atoms with E-state index < -0.39 is 171 Å². The van der Waals surface area contributed by atoms with Crippen molar-refractivity contribution in [3.63, 3.8) is 0 Å². The second-order valence-electron chi connectivity index (χ2n) is 26.5. The number of esters is 1. The average molecular weight is 1080 g/mol. The maximum absolute atomic E-state index is 14.2. The van der Waals surface area contributed by atoms with Gasteiger partial charge in [-0.2, -0.15) is 0 Å². The summed E-state index contributed by atoms with van der Waals surface area (Å²) in [6, 6.07) is 0. The lowest BCUT2D eigenvalue weighted by molar-refractivity contribution is -0.394. The molecule has 10 rings (SSSR count). The van der Waals surface area contributed by atoms with Crippen molar-refractivity contribution in [3.8, 4) is 0 Å². The van der Waals surface area contributed by atoms with Gasteiger partial charge in [0.15, 0.2) is 25.2 Å². The highest BCUT2D eigenvalue weighted by atomic mass is 16.8. The Morgan fingerprint density at radius 2 is 1.13 bits per heavy atom. The molecule has 5 saturated heterocycles. The molecule has 430 valence electrons. The highest BCUT2D eigenvalue weighted by Gasteiger charge is 2.83. The van der Waals surface area contributed by atoms with E-state index in [4.69, 9.17) is 42.6 Å². The molecular weight excluding hydrogens is 989 g/mol. The van der Waals surface area contributed by atoms with Crippen molar-refractivity contribution in [2.24, 2.45) is 50.2 Å². The smallest absolute Gasteiger partial charge is 0.315 e. The van der Waals surface area contributed by atoms with Crippen molar-refractivity contribution in [1.82, 2.24) is 0 Å². The van der Waals surface area contributed by atoms with Crippen molar-refractivity contribution < 1.29 is 109 Å². The summed E-state index contributed by atoms with van der Waals surface area (Å²) in [7, 11) is 0. The molecule has 0 aromatic rings. The SMILES string of the molecule is C[C@@H]1O[C@@H](O[C@H]2[C@H](O[C@H]3CO[C@@H](O[C@H]4CC[C@]5(C)[C@H]6CC[C@]78OC(=O)[C@@]9(CCC(C)(C)C[C@H]97)[C@H](O)C[C@@]8(C)[C@]6(C)CC[C@H]5C4(C)C)[C@H](O[C@@H]4O[C@H](CO)[C@@H](O)[C@H](O)[C@H]4O)[C@H]3O)O[C@H](CO)[C@@H](O)[C@@H]2O)[C@H](O)[C@H](O)[C@H]1O. The van der Waals surface area contributed by atoms with Crippen LogP contribution < -0.4 is 0 Å². The molecule has 5 heterocycles. The summed E-state index contributed by atoms with van der Waals surface area (Å²) in [4.78, 5) is 14.2. The first kappa shape index (κ1) is 56.9. The first-order valence-electron chi connectivity index (χ1n) is 27.5. The van der Waals surface area contributed by atoms with Gasteiger partial charge in [-0.3, -0.25) is 4.79 Å². The van der Waals surface area contributed by atoms with Crippen molar-refractivity contribution in [2.75, 3.05) is 19.8 Å². The van der Waals surface area contributed by atoms with E-state index in [9.17, 15) is 66.1 Å². The van der Waals surface area contributed by atoms with Gasteiger partial charge in [0.2, 0.25) is 0 Å². The molecule has 10 aliphatic rings. The maximum atomic E-state index is 14.2. The van der Waals surface area contributed by atoms with E-state index in [0.29, 0.717) is 19.3 Å². The Morgan fingerprint density at radius 3 is 1.79 bits per heavy atom. The molecule has 29 atom stereocenters. The van der Waals surface area contributed by atoms with Gasteiger partial charge >= 0.3 is 5.97 Å². The fourth-order valence-corrected chi connectivity index (χ4v) is 17.5. The molecule has 0 aromatic heterocycles. The molecule has 5 saturated carbocycles. The van der Waals surface area contributed by atoms with Crippen LogP contribution in [0.25, 0.3) is 0 Å². The number of hydrogen-bond acceptors (Lipinski definition) is 22. The number of aliphatic hydroxyl groups excluding tert-OH is 12. The van der Waals surface area contributed by atoms with Crippen LogP contribution in [0.4, 0.5) is 0 Å². The minimum absolute atomic E-state index is 0.00851. The first-order valence-corrected chi connectivity index (χ1v) is 27.5. The molecule has 0 radical (unpaired) electrons. The van der Waals surface area contributed by atoms with E-state index in [1.807, 2.05) is 0 Å². The van der Waals surface area contributed by atoms with E-state index >= 15 is 0 Å². The van der Waals surface area contributed by atoms with Crippen LogP contribution in [-0.4, -0.2) is 222 Å². The fourth-order valence-electron chi connectivity index (χ4n) is 17.5. The lowest BCUT2D eigenvalue weighted by Gasteiger charge is -2.74. The molecule has 2 bridgehead atoms. The summed E-state index contributed by atoms with van der Waals surface area (Å²) >= 11 is 0. The number of carbonyl (C=O) groups excluding carboxylic acids is 1. The van der Waals surface area contributed by atoms with E-state index in [1.54, 1.807) is 0 Å². The van der Waals surface area contributed by atoms with E-state index in [2.05, 4.69) is 48.5 Å². The highest BCUT2D eigenvalue weighted by molar-refractivity contribution is 5.82. The summed E-state index contributed by atoms with van der Waals surface area (Å²) in [5.41, 5.74) is -3.10. The van der Waals surface area contributed by atoms with Gasteiger partial charge in [-0.1, -0.05) is 48.5 Å². The van der Waals surface area contributed by atoms with Gasteiger partial charge in [-0.25, -0.2) is 0 Å². The zero-order valence-electron chi connectivity index (χ0n) is 44.5. The number of rotatable bonds is 10. The number of aliphatic hydroxyl groups is 12. The number of hydrogen-bond donors (Lipinski definition) is 12. The van der Waals surface area contributed by atoms with Crippen LogP contribution in [0.5, 0.6) is 0 Å². The summed E-state index contributed by atoms with van der Waals surface area (Å²) in [6.07, 6.45) is -25.2. The molecule has 75 heavy (non-hydrogen) atoms. The van der Waals surface area contributed by atoms with Crippen molar-refractivity contribution in [2.45, 2.75) is 254 Å². The lowest BCUT2D eigenvalue weighted by Crippen LogP contribution is -2.74. The van der Waals surface area contributed by atoms with Gasteiger partial charge in [0, 0.05) is 11.3 Å². The fraction of sp³-hybridized carbons (Fsp3) is 0.981. The van der Waals surface area contributed by atoms with Crippen LogP contribution >= 0.6 is 0 Å². The van der Waals surface area contributed by atoms with E-state index in [-0.39, 0.29) is 40.0 Å². The van der Waals surface area contributed by atoms with Gasteiger partial charge in [0.25, 0.3) is 0 Å². The standard InChI is InChI=1S/C53H86O22/c1-22-31(57)35(61)38(64)42(68-22)74-41-37(63)33(59)24(20-55)70-45(41)71-25-21-67-44(40(34(25)60)73-43-39(65)36(62)32(58)23(19-54)69-43)72-30-11-12-49(6)26(48(30,4)5)9-13-50(7)27(49)10-14-53-28-17-47(2,3)15-16-52(28,46(66)75-53)29(56)18-51(50,53)8/h22-45,54-65H,9-21H2,1-8H3/t22-,23+,24+,25-,26-,27+,28+,29+,30-,31-,32+,33+,34-,35+,36-,37-,38+,39+,40+,41+,42-,43-,44-,45-,49-,50+,51-,52+,53-/m0/s1. The van der Waals surface area contributed by atoms with Crippen LogP contribution in [0.2, 0.25) is 0 Å². The zero-order valence-corrected chi connectivity index (χ0v) is 44.5. The third kappa shape index (κ3) is 8.42. The largest absolute Gasteiger partial charge is 0.458 e. The Morgan fingerprint density at radius 1 is 0.547 bits per heavy atom. The molecule has 12 N–H and O–H groups in total. The molecular formula is C53H86O22. The molecule has 22 heteroatoms. The van der Waals surface area contributed by atoms with Gasteiger partial charge in [0.05, 0.1) is 38.1 Å². The maximum Gasteiger partial charge on any atom is 0.315 e. The first-order chi connectivity index (χ1) is 35.1. The quantitative estimate of drug-likeness (QED) is 0.0907. The Bertz CT molecular complexity index is 2080. The number of fused-ring (bicyclic) bond motifs is 4. The van der Waals surface area contributed by atoms with Crippen LogP contribution in [0, 0.1) is 50.2 Å². The molecule has 22 nitrogen and oxygen atoms in total. The van der Waals surface area contributed by atoms with Gasteiger partial charge < -0.3 is 104 Å². The summed E-state index contributed by atoms with van der Waals surface area (Å²) < 4.78 is 55.9. The highest BCUT2D eigenvalue weighted by Crippen LogP contribution is 2.81. The third-order valence-electron chi connectivity index (χ3n) is 22.1.